The summed E-state index contributed by atoms with van der Waals surface area (Å²) >= 11 is 0. The molecule has 1 N–H and O–H groups in total. The molecule has 2 aliphatic heterocycles. The number of sulfonamides is 1. The summed E-state index contributed by atoms with van der Waals surface area (Å²) in [5.74, 6) is 0. The molecule has 0 radical (unpaired) electrons. The summed E-state index contributed by atoms with van der Waals surface area (Å²) in [4.78, 5) is 14.3. The highest BCUT2D eigenvalue weighted by Crippen LogP contribution is 2.37. The zero-order valence-corrected chi connectivity index (χ0v) is 21.3. The number of benzene rings is 1. The van der Waals surface area contributed by atoms with Gasteiger partial charge >= 0.3 is 0 Å². The van der Waals surface area contributed by atoms with Gasteiger partial charge in [0.15, 0.2) is 0 Å². The van der Waals surface area contributed by atoms with Gasteiger partial charge in [0.25, 0.3) is 0 Å². The van der Waals surface area contributed by atoms with Crippen LogP contribution in [0.3, 0.4) is 0 Å². The molecule has 5 heterocycles. The molecule has 4 aromatic rings. The minimum Gasteiger partial charge on any atom is -0.346 e. The van der Waals surface area contributed by atoms with Crippen LogP contribution in [0.25, 0.3) is 22.3 Å². The van der Waals surface area contributed by atoms with Crippen molar-refractivity contribution in [1.29, 1.82) is 10.5 Å². The fourth-order valence-electron chi connectivity index (χ4n) is 5.56. The Morgan fingerprint density at radius 3 is 2.55 bits per heavy atom. The average molecular weight is 528 g/mol. The molecule has 38 heavy (non-hydrogen) atoms. The van der Waals surface area contributed by atoms with Crippen molar-refractivity contribution in [2.24, 2.45) is 0 Å². The molecular formula is C26H25N9O2S. The molecule has 2 fully saturated rings. The molecule has 0 spiro atoms. The first-order valence-electron chi connectivity index (χ1n) is 12.4. The molecule has 0 amide bonds. The Morgan fingerprint density at radius 1 is 1.08 bits per heavy atom. The minimum absolute atomic E-state index is 0.210. The molecule has 2 aliphatic rings. The number of hydrogen-bond acceptors (Lipinski definition) is 8. The van der Waals surface area contributed by atoms with Crippen LogP contribution >= 0.6 is 0 Å². The first kappa shape index (κ1) is 24.2. The first-order chi connectivity index (χ1) is 18.4. The topological polar surface area (TPSA) is 148 Å². The lowest BCUT2D eigenvalue weighted by atomic mass is 9.84. The van der Waals surface area contributed by atoms with Crippen molar-refractivity contribution < 1.29 is 8.42 Å². The van der Waals surface area contributed by atoms with Gasteiger partial charge in [-0.2, -0.15) is 19.9 Å². The third-order valence-corrected chi connectivity index (χ3v) is 9.57. The second kappa shape index (κ2) is 9.33. The van der Waals surface area contributed by atoms with E-state index in [1.165, 1.54) is 34.9 Å². The SMILES string of the molecule is N#CCC1(n2cc(-c3ncnc4[nH]ccc34)cn2)CN(C2CCN(S(=O)(=O)c3ccc(C#N)cc3)CC2)C1. The number of piperidine rings is 1. The summed E-state index contributed by atoms with van der Waals surface area (Å²) < 4.78 is 29.6. The van der Waals surface area contributed by atoms with Gasteiger partial charge in [0.1, 0.15) is 17.5 Å². The van der Waals surface area contributed by atoms with Crippen molar-refractivity contribution in [1.82, 2.24) is 33.9 Å². The average Bonchev–Trinajstić information content (AvgIpc) is 3.61. The molecule has 0 unspecified atom stereocenters. The van der Waals surface area contributed by atoms with Crippen LogP contribution < -0.4 is 0 Å². The number of H-pyrrole nitrogens is 1. The highest BCUT2D eigenvalue weighted by atomic mass is 32.2. The van der Waals surface area contributed by atoms with E-state index in [1.807, 2.05) is 29.2 Å². The fourth-order valence-corrected chi connectivity index (χ4v) is 7.03. The second-order valence-corrected chi connectivity index (χ2v) is 11.8. The lowest BCUT2D eigenvalue weighted by Crippen LogP contribution is -2.66. The molecule has 192 valence electrons. The molecule has 2 saturated heterocycles. The van der Waals surface area contributed by atoms with Crippen LogP contribution in [0.5, 0.6) is 0 Å². The Hall–Kier alpha value is -4.10. The molecule has 3 aromatic heterocycles. The molecule has 0 atom stereocenters. The summed E-state index contributed by atoms with van der Waals surface area (Å²) in [6.45, 7) is 2.22. The number of likely N-dealkylation sites (tertiary alicyclic amines) is 1. The molecule has 0 aliphatic carbocycles. The Labute approximate surface area is 220 Å². The standard InChI is InChI=1S/C26H25N9O2S/c27-9-8-26(35-15-20(14-32-35)24-23-5-10-29-25(23)31-18-30-24)16-33(17-26)21-6-11-34(12-7-21)38(36,37)22-3-1-19(13-28)2-4-22/h1-5,10,14-15,18,21H,6-8,11-12,16-17H2,(H,29,30,31). The van der Waals surface area contributed by atoms with E-state index < -0.39 is 15.6 Å². The van der Waals surface area contributed by atoms with Crippen LogP contribution in [0.4, 0.5) is 0 Å². The Bertz CT molecular complexity index is 1660. The maximum absolute atomic E-state index is 13.1. The summed E-state index contributed by atoms with van der Waals surface area (Å²) in [5.41, 5.74) is 2.43. The van der Waals surface area contributed by atoms with Gasteiger partial charge < -0.3 is 4.98 Å². The van der Waals surface area contributed by atoms with Gasteiger partial charge in [-0.15, -0.1) is 0 Å². The molecule has 11 nitrogen and oxygen atoms in total. The highest BCUT2D eigenvalue weighted by molar-refractivity contribution is 7.89. The zero-order chi connectivity index (χ0) is 26.3. The minimum atomic E-state index is -3.60. The summed E-state index contributed by atoms with van der Waals surface area (Å²) in [6, 6.07) is 12.6. The van der Waals surface area contributed by atoms with Gasteiger partial charge in [0.2, 0.25) is 10.0 Å². The Balaban J connectivity index is 1.13. The predicted octanol–water partition coefficient (Wildman–Crippen LogP) is 2.47. The third kappa shape index (κ3) is 4.03. The van der Waals surface area contributed by atoms with E-state index in [0.717, 1.165) is 35.1 Å². The molecule has 0 bridgehead atoms. The summed E-state index contributed by atoms with van der Waals surface area (Å²) in [5, 5.41) is 24.1. The van der Waals surface area contributed by atoms with E-state index in [4.69, 9.17) is 5.26 Å². The van der Waals surface area contributed by atoms with E-state index in [9.17, 15) is 13.7 Å². The summed E-state index contributed by atoms with van der Waals surface area (Å²) in [6.07, 6.45) is 8.85. The first-order valence-corrected chi connectivity index (χ1v) is 13.8. The Kier molecular flexibility index (Phi) is 5.95. The largest absolute Gasteiger partial charge is 0.346 e. The number of hydrogen-bond donors (Lipinski definition) is 1. The third-order valence-electron chi connectivity index (χ3n) is 7.66. The van der Waals surface area contributed by atoms with E-state index in [-0.39, 0.29) is 10.9 Å². The van der Waals surface area contributed by atoms with E-state index in [1.54, 1.807) is 6.20 Å². The van der Waals surface area contributed by atoms with Crippen LogP contribution in [-0.2, 0) is 15.6 Å². The van der Waals surface area contributed by atoms with Crippen molar-refractivity contribution >= 4 is 21.1 Å². The van der Waals surface area contributed by atoms with Crippen LogP contribution in [0, 0.1) is 22.7 Å². The van der Waals surface area contributed by atoms with Crippen molar-refractivity contribution in [3.8, 4) is 23.4 Å². The van der Waals surface area contributed by atoms with E-state index in [2.05, 4.69) is 31.0 Å². The number of nitrogens with zero attached hydrogens (tertiary/aromatic N) is 8. The number of nitriles is 2. The summed E-state index contributed by atoms with van der Waals surface area (Å²) in [7, 11) is -3.60. The van der Waals surface area contributed by atoms with Gasteiger partial charge in [0, 0.05) is 55.6 Å². The van der Waals surface area contributed by atoms with Crippen molar-refractivity contribution in [2.75, 3.05) is 26.2 Å². The molecule has 0 saturated carbocycles. The van der Waals surface area contributed by atoms with Crippen LogP contribution in [-0.4, -0.2) is 74.6 Å². The van der Waals surface area contributed by atoms with Gasteiger partial charge in [-0.1, -0.05) is 0 Å². The van der Waals surface area contributed by atoms with Crippen molar-refractivity contribution in [3.63, 3.8) is 0 Å². The number of fused-ring (bicyclic) bond motifs is 1. The number of nitrogens with one attached hydrogen (secondary N) is 1. The molecule has 6 rings (SSSR count). The van der Waals surface area contributed by atoms with Crippen LogP contribution in [0.2, 0.25) is 0 Å². The highest BCUT2D eigenvalue weighted by Gasteiger charge is 2.48. The number of aromatic amines is 1. The van der Waals surface area contributed by atoms with Gasteiger partial charge in [-0.3, -0.25) is 9.58 Å². The lowest BCUT2D eigenvalue weighted by molar-refractivity contribution is -0.0382. The normalized spacial score (nSPS) is 18.6. The van der Waals surface area contributed by atoms with Crippen LogP contribution in [0.15, 0.2) is 60.1 Å². The molecule has 1 aromatic carbocycles. The predicted molar refractivity (Wildman–Crippen MR) is 138 cm³/mol. The number of aromatic nitrogens is 5. The number of rotatable bonds is 6. The van der Waals surface area contributed by atoms with E-state index in [0.29, 0.717) is 38.2 Å². The van der Waals surface area contributed by atoms with Gasteiger partial charge in [0.05, 0.1) is 40.9 Å². The van der Waals surface area contributed by atoms with Crippen molar-refractivity contribution in [2.45, 2.75) is 35.7 Å². The fraction of sp³-hybridized carbons (Fsp3) is 0.346. The molecule has 12 heteroatoms. The quantitative estimate of drug-likeness (QED) is 0.402. The van der Waals surface area contributed by atoms with Gasteiger partial charge in [-0.25, -0.2) is 18.4 Å². The van der Waals surface area contributed by atoms with Gasteiger partial charge in [-0.05, 0) is 43.2 Å². The Morgan fingerprint density at radius 2 is 1.84 bits per heavy atom. The van der Waals surface area contributed by atoms with Crippen molar-refractivity contribution in [3.05, 3.63) is 60.8 Å². The smallest absolute Gasteiger partial charge is 0.243 e. The van der Waals surface area contributed by atoms with E-state index >= 15 is 0 Å². The maximum atomic E-state index is 13.1. The molecular weight excluding hydrogens is 502 g/mol. The lowest BCUT2D eigenvalue weighted by Gasteiger charge is -2.53. The monoisotopic (exact) mass is 527 g/mol. The maximum Gasteiger partial charge on any atom is 0.243 e. The van der Waals surface area contributed by atoms with Crippen LogP contribution in [0.1, 0.15) is 24.8 Å². The second-order valence-electron chi connectivity index (χ2n) is 9.87. The zero-order valence-electron chi connectivity index (χ0n) is 20.5.